The molecule has 0 unspecified atom stereocenters. The van der Waals surface area contributed by atoms with Crippen LogP contribution >= 0.6 is 11.6 Å². The summed E-state index contributed by atoms with van der Waals surface area (Å²) in [5.41, 5.74) is 5.83. The van der Waals surface area contributed by atoms with Crippen LogP contribution in [0.4, 0.5) is 0 Å². The first-order chi connectivity index (χ1) is 11.0. The maximum Gasteiger partial charge on any atom is 0.231 e. The summed E-state index contributed by atoms with van der Waals surface area (Å²) in [5.74, 6) is -0.250. The van der Waals surface area contributed by atoms with Crippen LogP contribution in [0.3, 0.4) is 0 Å². The van der Waals surface area contributed by atoms with E-state index in [1.807, 2.05) is 29.2 Å². The fourth-order valence-electron chi connectivity index (χ4n) is 3.42. The van der Waals surface area contributed by atoms with E-state index in [9.17, 15) is 9.59 Å². The number of benzene rings is 1. The lowest BCUT2D eigenvalue weighted by Gasteiger charge is -2.33. The van der Waals surface area contributed by atoms with Crippen LogP contribution in [0.2, 0.25) is 5.02 Å². The number of carbonyl (C=O) groups is 2. The number of hydrogen-bond donors (Lipinski definition) is 2. The number of amides is 2. The highest BCUT2D eigenvalue weighted by Gasteiger charge is 2.51. The van der Waals surface area contributed by atoms with E-state index in [2.05, 4.69) is 5.32 Å². The molecule has 2 aliphatic rings. The molecule has 23 heavy (non-hydrogen) atoms. The van der Waals surface area contributed by atoms with Crippen LogP contribution in [0.1, 0.15) is 31.2 Å². The summed E-state index contributed by atoms with van der Waals surface area (Å²) >= 11 is 6.06. The Morgan fingerprint density at radius 2 is 2.17 bits per heavy atom. The molecule has 124 valence electrons. The third-order valence-electron chi connectivity index (χ3n) is 4.78. The Morgan fingerprint density at radius 1 is 1.39 bits per heavy atom. The van der Waals surface area contributed by atoms with Crippen molar-refractivity contribution in [1.29, 1.82) is 0 Å². The standard InChI is InChI=1S/C17H22ClN3O2/c18-13-4-1-3-12(9-13)17(6-7-17)16(23)20-14-5-2-8-21(10-14)11-15(19)22/h1,3-4,9,14H,2,5-8,10-11H2,(H2,19,22)(H,20,23)/t14-/m0/s1. The number of nitrogens with two attached hydrogens (primary N) is 1. The van der Waals surface area contributed by atoms with Gasteiger partial charge in [-0.2, -0.15) is 0 Å². The highest BCUT2D eigenvalue weighted by Crippen LogP contribution is 2.49. The molecule has 1 aromatic rings. The number of halogens is 1. The average Bonchev–Trinajstić information content (AvgIpc) is 3.28. The van der Waals surface area contributed by atoms with Gasteiger partial charge in [0.05, 0.1) is 12.0 Å². The summed E-state index contributed by atoms with van der Waals surface area (Å²) in [7, 11) is 0. The van der Waals surface area contributed by atoms with Crippen molar-refractivity contribution < 1.29 is 9.59 Å². The van der Waals surface area contributed by atoms with Crippen LogP contribution in [0.5, 0.6) is 0 Å². The lowest BCUT2D eigenvalue weighted by molar-refractivity contribution is -0.124. The second-order valence-corrected chi connectivity index (χ2v) is 7.04. The SMILES string of the molecule is NC(=O)CN1CCC[C@H](NC(=O)C2(c3cccc(Cl)c3)CC2)C1. The monoisotopic (exact) mass is 335 g/mol. The molecule has 0 aromatic heterocycles. The van der Waals surface area contributed by atoms with Gasteiger partial charge in [-0.1, -0.05) is 23.7 Å². The van der Waals surface area contributed by atoms with Gasteiger partial charge in [-0.25, -0.2) is 0 Å². The van der Waals surface area contributed by atoms with Crippen molar-refractivity contribution in [2.45, 2.75) is 37.1 Å². The van der Waals surface area contributed by atoms with Crippen LogP contribution in [0.15, 0.2) is 24.3 Å². The summed E-state index contributed by atoms with van der Waals surface area (Å²) < 4.78 is 0. The highest BCUT2D eigenvalue weighted by atomic mass is 35.5. The normalized spacial score (nSPS) is 23.3. The second-order valence-electron chi connectivity index (χ2n) is 6.61. The van der Waals surface area contributed by atoms with Crippen molar-refractivity contribution >= 4 is 23.4 Å². The molecular formula is C17H22ClN3O2. The van der Waals surface area contributed by atoms with Gasteiger partial charge in [-0.15, -0.1) is 0 Å². The third-order valence-corrected chi connectivity index (χ3v) is 5.02. The predicted molar refractivity (Wildman–Crippen MR) is 89.2 cm³/mol. The van der Waals surface area contributed by atoms with Gasteiger partial charge >= 0.3 is 0 Å². The quantitative estimate of drug-likeness (QED) is 0.855. The fraction of sp³-hybridized carbons (Fsp3) is 0.529. The van der Waals surface area contributed by atoms with E-state index in [4.69, 9.17) is 17.3 Å². The van der Waals surface area contributed by atoms with Crippen molar-refractivity contribution in [2.24, 2.45) is 5.73 Å². The molecule has 1 atom stereocenters. The number of nitrogens with zero attached hydrogens (tertiary/aromatic N) is 1. The van der Waals surface area contributed by atoms with Gasteiger partial charge in [0.2, 0.25) is 11.8 Å². The number of hydrogen-bond acceptors (Lipinski definition) is 3. The Kier molecular flexibility index (Phi) is 4.60. The van der Waals surface area contributed by atoms with Gasteiger partial charge in [0.25, 0.3) is 0 Å². The largest absolute Gasteiger partial charge is 0.369 e. The Balaban J connectivity index is 1.64. The summed E-state index contributed by atoms with van der Waals surface area (Å²) in [6, 6.07) is 7.64. The Morgan fingerprint density at radius 3 is 2.83 bits per heavy atom. The van der Waals surface area contributed by atoms with Crippen LogP contribution in [-0.2, 0) is 15.0 Å². The lowest BCUT2D eigenvalue weighted by Crippen LogP contribution is -2.51. The minimum atomic E-state index is -0.420. The molecule has 2 fully saturated rings. The Bertz CT molecular complexity index is 616. The molecule has 5 nitrogen and oxygen atoms in total. The van der Waals surface area contributed by atoms with E-state index in [1.165, 1.54) is 0 Å². The van der Waals surface area contributed by atoms with E-state index >= 15 is 0 Å². The van der Waals surface area contributed by atoms with Gasteiger partial charge in [0, 0.05) is 17.6 Å². The smallest absolute Gasteiger partial charge is 0.231 e. The van der Waals surface area contributed by atoms with Gasteiger partial charge in [0.1, 0.15) is 0 Å². The summed E-state index contributed by atoms with van der Waals surface area (Å²) in [6.45, 7) is 1.79. The number of carbonyl (C=O) groups excluding carboxylic acids is 2. The van der Waals surface area contributed by atoms with Crippen LogP contribution < -0.4 is 11.1 Å². The van der Waals surface area contributed by atoms with Gasteiger partial charge in [-0.05, 0) is 49.9 Å². The van der Waals surface area contributed by atoms with Crippen molar-refractivity contribution in [1.82, 2.24) is 10.2 Å². The van der Waals surface area contributed by atoms with Gasteiger partial charge in [0.15, 0.2) is 0 Å². The van der Waals surface area contributed by atoms with E-state index in [0.29, 0.717) is 11.6 Å². The first-order valence-electron chi connectivity index (χ1n) is 8.07. The molecule has 1 aliphatic carbocycles. The number of primary amides is 1. The zero-order chi connectivity index (χ0) is 16.4. The molecule has 3 rings (SSSR count). The number of rotatable bonds is 5. The lowest BCUT2D eigenvalue weighted by atomic mass is 9.94. The number of likely N-dealkylation sites (tertiary alicyclic amines) is 1. The molecule has 0 radical (unpaired) electrons. The van der Waals surface area contributed by atoms with Gasteiger partial charge in [-0.3, -0.25) is 14.5 Å². The second kappa shape index (κ2) is 6.49. The molecule has 0 bridgehead atoms. The van der Waals surface area contributed by atoms with E-state index < -0.39 is 5.41 Å². The third kappa shape index (κ3) is 3.67. The fourth-order valence-corrected chi connectivity index (χ4v) is 3.61. The zero-order valence-corrected chi connectivity index (χ0v) is 13.8. The van der Waals surface area contributed by atoms with E-state index in [0.717, 1.165) is 37.8 Å². The maximum atomic E-state index is 12.8. The number of nitrogens with one attached hydrogen (secondary N) is 1. The molecule has 2 amide bonds. The zero-order valence-electron chi connectivity index (χ0n) is 13.1. The first-order valence-corrected chi connectivity index (χ1v) is 8.45. The minimum absolute atomic E-state index is 0.0747. The molecule has 1 heterocycles. The van der Waals surface area contributed by atoms with Crippen LogP contribution in [0, 0.1) is 0 Å². The molecular weight excluding hydrogens is 314 g/mol. The van der Waals surface area contributed by atoms with Crippen molar-refractivity contribution in [2.75, 3.05) is 19.6 Å². The van der Waals surface area contributed by atoms with E-state index in [-0.39, 0.29) is 24.4 Å². The topological polar surface area (TPSA) is 75.4 Å². The highest BCUT2D eigenvalue weighted by molar-refractivity contribution is 6.30. The average molecular weight is 336 g/mol. The molecule has 1 aliphatic heterocycles. The van der Waals surface area contributed by atoms with E-state index in [1.54, 1.807) is 0 Å². The molecule has 0 spiro atoms. The molecule has 6 heteroatoms. The summed E-state index contributed by atoms with van der Waals surface area (Å²) in [6.07, 6.45) is 3.61. The molecule has 1 saturated carbocycles. The van der Waals surface area contributed by atoms with Crippen molar-refractivity contribution in [3.63, 3.8) is 0 Å². The van der Waals surface area contributed by atoms with Crippen LogP contribution in [-0.4, -0.2) is 42.4 Å². The number of piperidine rings is 1. The molecule has 1 saturated heterocycles. The van der Waals surface area contributed by atoms with Gasteiger partial charge < -0.3 is 11.1 Å². The molecule has 3 N–H and O–H groups in total. The summed E-state index contributed by atoms with van der Waals surface area (Å²) in [4.78, 5) is 25.8. The van der Waals surface area contributed by atoms with Crippen molar-refractivity contribution in [3.05, 3.63) is 34.9 Å². The summed E-state index contributed by atoms with van der Waals surface area (Å²) in [5, 5.41) is 3.83. The molecule has 1 aromatic carbocycles. The van der Waals surface area contributed by atoms with Crippen LogP contribution in [0.25, 0.3) is 0 Å². The Labute approximate surface area is 141 Å². The minimum Gasteiger partial charge on any atom is -0.369 e. The maximum absolute atomic E-state index is 12.8. The van der Waals surface area contributed by atoms with Crippen molar-refractivity contribution in [3.8, 4) is 0 Å². The Hall–Kier alpha value is -1.59. The first kappa shape index (κ1) is 16.3. The predicted octanol–water partition coefficient (Wildman–Crippen LogP) is 1.44.